The van der Waals surface area contributed by atoms with Gasteiger partial charge in [0, 0.05) is 30.7 Å². The van der Waals surface area contributed by atoms with Crippen molar-refractivity contribution < 1.29 is 0 Å². The van der Waals surface area contributed by atoms with Crippen LogP contribution in [0, 0.1) is 6.92 Å². The maximum atomic E-state index is 6.17. The minimum absolute atomic E-state index is 0.0673. The molecule has 1 aromatic heterocycles. The first-order chi connectivity index (χ1) is 8.04. The van der Waals surface area contributed by atoms with Crippen LogP contribution in [0.5, 0.6) is 0 Å². The molecule has 0 amide bonds. The van der Waals surface area contributed by atoms with Crippen molar-refractivity contribution in [2.75, 3.05) is 0 Å². The second-order valence-corrected chi connectivity index (χ2v) is 4.79. The predicted molar refractivity (Wildman–Crippen MR) is 70.0 cm³/mol. The van der Waals surface area contributed by atoms with Gasteiger partial charge in [-0.3, -0.25) is 4.68 Å². The van der Waals surface area contributed by atoms with Gasteiger partial charge in [0.25, 0.3) is 0 Å². The van der Waals surface area contributed by atoms with Crippen molar-refractivity contribution in [1.29, 1.82) is 0 Å². The van der Waals surface area contributed by atoms with E-state index < -0.39 is 0 Å². The Kier molecular flexibility index (Phi) is 3.50. The average Bonchev–Trinajstić information content (AvgIpc) is 2.62. The van der Waals surface area contributed by atoms with Crippen LogP contribution < -0.4 is 5.73 Å². The molecule has 1 aromatic carbocycles. The van der Waals surface area contributed by atoms with E-state index in [0.29, 0.717) is 0 Å². The van der Waals surface area contributed by atoms with Gasteiger partial charge in [0.1, 0.15) is 0 Å². The Labute approximate surface area is 106 Å². The highest BCUT2D eigenvalue weighted by molar-refractivity contribution is 6.30. The number of aromatic nitrogens is 2. The molecule has 1 heterocycles. The molecule has 0 aliphatic carbocycles. The Morgan fingerprint density at radius 2 is 2.18 bits per heavy atom. The molecule has 2 N–H and O–H groups in total. The maximum Gasteiger partial charge on any atom is 0.0643 e. The highest BCUT2D eigenvalue weighted by Gasteiger charge is 2.10. The van der Waals surface area contributed by atoms with Gasteiger partial charge in [-0.05, 0) is 36.2 Å². The summed E-state index contributed by atoms with van der Waals surface area (Å²) in [5.74, 6) is 0. The van der Waals surface area contributed by atoms with Crippen LogP contribution in [0.25, 0.3) is 0 Å². The van der Waals surface area contributed by atoms with Gasteiger partial charge in [-0.1, -0.05) is 17.7 Å². The Hall–Kier alpha value is -1.32. The van der Waals surface area contributed by atoms with E-state index in [0.717, 1.165) is 28.3 Å². The van der Waals surface area contributed by atoms with Crippen LogP contribution in [0.3, 0.4) is 0 Å². The maximum absolute atomic E-state index is 6.17. The fraction of sp³-hybridized carbons (Fsp3) is 0.308. The van der Waals surface area contributed by atoms with Gasteiger partial charge >= 0.3 is 0 Å². The quantitative estimate of drug-likeness (QED) is 0.909. The number of aryl methyl sites for hydroxylation is 2. The molecule has 1 unspecified atom stereocenters. The number of hydrogen-bond acceptors (Lipinski definition) is 2. The standard InChI is InChI=1S/C13H16ClN3/c1-9-5-10(7-11(14)6-9)13(15)8-12-3-4-17(2)16-12/h3-7,13H,8,15H2,1-2H3. The van der Waals surface area contributed by atoms with Gasteiger partial charge in [-0.2, -0.15) is 5.10 Å². The van der Waals surface area contributed by atoms with E-state index in [2.05, 4.69) is 11.2 Å². The van der Waals surface area contributed by atoms with E-state index in [-0.39, 0.29) is 6.04 Å². The molecule has 90 valence electrons. The third-order valence-corrected chi connectivity index (χ3v) is 2.91. The molecular formula is C13H16ClN3. The summed E-state index contributed by atoms with van der Waals surface area (Å²) >= 11 is 6.03. The SMILES string of the molecule is Cc1cc(Cl)cc(C(N)Cc2ccn(C)n2)c1. The van der Waals surface area contributed by atoms with Gasteiger partial charge in [0.15, 0.2) is 0 Å². The third kappa shape index (κ3) is 3.08. The smallest absolute Gasteiger partial charge is 0.0643 e. The molecule has 0 bridgehead atoms. The first kappa shape index (κ1) is 12.1. The van der Waals surface area contributed by atoms with Crippen LogP contribution >= 0.6 is 11.6 Å². The Morgan fingerprint density at radius 1 is 1.41 bits per heavy atom. The molecule has 0 spiro atoms. The van der Waals surface area contributed by atoms with Crippen molar-refractivity contribution in [2.45, 2.75) is 19.4 Å². The number of benzene rings is 1. The summed E-state index contributed by atoms with van der Waals surface area (Å²) in [6, 6.07) is 7.83. The molecule has 0 saturated heterocycles. The van der Waals surface area contributed by atoms with Gasteiger partial charge in [0.05, 0.1) is 5.69 Å². The van der Waals surface area contributed by atoms with E-state index in [1.165, 1.54) is 0 Å². The number of nitrogens with two attached hydrogens (primary N) is 1. The zero-order valence-corrected chi connectivity index (χ0v) is 10.8. The number of nitrogens with zero attached hydrogens (tertiary/aromatic N) is 2. The summed E-state index contributed by atoms with van der Waals surface area (Å²) in [5.41, 5.74) is 9.35. The van der Waals surface area contributed by atoms with Crippen LogP contribution in [0.1, 0.15) is 22.9 Å². The first-order valence-electron chi connectivity index (χ1n) is 5.56. The molecule has 0 fully saturated rings. The summed E-state index contributed by atoms with van der Waals surface area (Å²) in [6.45, 7) is 2.02. The van der Waals surface area contributed by atoms with Crippen LogP contribution in [0.2, 0.25) is 5.02 Å². The molecule has 1 atom stereocenters. The Balaban J connectivity index is 2.16. The highest BCUT2D eigenvalue weighted by Crippen LogP contribution is 2.21. The monoisotopic (exact) mass is 249 g/mol. The molecule has 0 aliphatic heterocycles. The lowest BCUT2D eigenvalue weighted by Crippen LogP contribution is -2.14. The fourth-order valence-corrected chi connectivity index (χ4v) is 2.19. The van der Waals surface area contributed by atoms with Crippen molar-refractivity contribution in [3.63, 3.8) is 0 Å². The van der Waals surface area contributed by atoms with Crippen LogP contribution in [-0.4, -0.2) is 9.78 Å². The van der Waals surface area contributed by atoms with Crippen molar-refractivity contribution in [3.05, 3.63) is 52.3 Å². The van der Waals surface area contributed by atoms with E-state index in [1.807, 2.05) is 38.4 Å². The summed E-state index contributed by atoms with van der Waals surface area (Å²) in [7, 11) is 1.90. The normalized spacial score (nSPS) is 12.7. The molecular weight excluding hydrogens is 234 g/mol. The molecule has 3 nitrogen and oxygen atoms in total. The minimum Gasteiger partial charge on any atom is -0.324 e. The Morgan fingerprint density at radius 3 is 2.76 bits per heavy atom. The van der Waals surface area contributed by atoms with Crippen LogP contribution in [0.15, 0.2) is 30.5 Å². The third-order valence-electron chi connectivity index (χ3n) is 2.69. The van der Waals surface area contributed by atoms with Crippen LogP contribution in [-0.2, 0) is 13.5 Å². The zero-order chi connectivity index (χ0) is 12.4. The van der Waals surface area contributed by atoms with Gasteiger partial charge < -0.3 is 5.73 Å². The number of halogens is 1. The van der Waals surface area contributed by atoms with Crippen molar-refractivity contribution in [1.82, 2.24) is 9.78 Å². The van der Waals surface area contributed by atoms with Crippen molar-refractivity contribution in [3.8, 4) is 0 Å². The first-order valence-corrected chi connectivity index (χ1v) is 5.93. The predicted octanol–water partition coefficient (Wildman–Crippen LogP) is 2.62. The highest BCUT2D eigenvalue weighted by atomic mass is 35.5. The van der Waals surface area contributed by atoms with Gasteiger partial charge in [0.2, 0.25) is 0 Å². The van der Waals surface area contributed by atoms with E-state index in [4.69, 9.17) is 17.3 Å². The average molecular weight is 250 g/mol. The lowest BCUT2D eigenvalue weighted by molar-refractivity contribution is 0.675. The van der Waals surface area contributed by atoms with E-state index in [9.17, 15) is 0 Å². The van der Waals surface area contributed by atoms with Crippen molar-refractivity contribution >= 4 is 11.6 Å². The molecule has 0 radical (unpaired) electrons. The molecule has 2 rings (SSSR count). The van der Waals surface area contributed by atoms with Crippen molar-refractivity contribution in [2.24, 2.45) is 12.8 Å². The van der Waals surface area contributed by atoms with Gasteiger partial charge in [-0.25, -0.2) is 0 Å². The molecule has 17 heavy (non-hydrogen) atoms. The summed E-state index contributed by atoms with van der Waals surface area (Å²) in [5, 5.41) is 5.06. The van der Waals surface area contributed by atoms with Crippen LogP contribution in [0.4, 0.5) is 0 Å². The second-order valence-electron chi connectivity index (χ2n) is 4.35. The molecule has 0 saturated carbocycles. The zero-order valence-electron chi connectivity index (χ0n) is 10.0. The van der Waals surface area contributed by atoms with Gasteiger partial charge in [-0.15, -0.1) is 0 Å². The Bertz CT molecular complexity index is 499. The fourth-order valence-electron chi connectivity index (χ4n) is 1.89. The van der Waals surface area contributed by atoms with E-state index >= 15 is 0 Å². The second kappa shape index (κ2) is 4.90. The molecule has 0 aliphatic rings. The number of rotatable bonds is 3. The molecule has 2 aromatic rings. The summed E-state index contributed by atoms with van der Waals surface area (Å²) < 4.78 is 1.78. The topological polar surface area (TPSA) is 43.8 Å². The largest absolute Gasteiger partial charge is 0.324 e. The lowest BCUT2D eigenvalue weighted by atomic mass is 10.0. The number of hydrogen-bond donors (Lipinski definition) is 1. The molecule has 4 heteroatoms. The summed E-state index contributed by atoms with van der Waals surface area (Å²) in [6.07, 6.45) is 2.64. The lowest BCUT2D eigenvalue weighted by Gasteiger charge is -2.12. The summed E-state index contributed by atoms with van der Waals surface area (Å²) in [4.78, 5) is 0. The van der Waals surface area contributed by atoms with E-state index in [1.54, 1.807) is 4.68 Å². The minimum atomic E-state index is -0.0673.